The molecule has 0 bridgehead atoms. The van der Waals surface area contributed by atoms with E-state index in [9.17, 15) is 4.79 Å². The van der Waals surface area contributed by atoms with Gasteiger partial charge in [0.2, 0.25) is 0 Å². The average Bonchev–Trinajstić information content (AvgIpc) is 2.71. The van der Waals surface area contributed by atoms with Crippen LogP contribution in [0.2, 0.25) is 0 Å². The van der Waals surface area contributed by atoms with Crippen LogP contribution >= 0.6 is 0 Å². The minimum Gasteiger partial charge on any atom is -0.378 e. The number of hydrogen-bond donors (Lipinski definition) is 0. The van der Waals surface area contributed by atoms with Crippen LogP contribution in [0.1, 0.15) is 64.7 Å². The van der Waals surface area contributed by atoms with Crippen LogP contribution in [0.25, 0.3) is 0 Å². The van der Waals surface area contributed by atoms with E-state index in [4.69, 9.17) is 4.74 Å². The fraction of sp³-hybridized carbons (Fsp3) is 0.923. The first-order chi connectivity index (χ1) is 7.33. The van der Waals surface area contributed by atoms with Crippen molar-refractivity contribution in [2.75, 3.05) is 6.61 Å². The molecule has 0 aromatic rings. The molecular formula is C13H24O2. The molecule has 88 valence electrons. The van der Waals surface area contributed by atoms with Crippen LogP contribution in [0.3, 0.4) is 0 Å². The summed E-state index contributed by atoms with van der Waals surface area (Å²) in [6, 6.07) is 0. The SMILES string of the molecule is CCCCCC(=O)CCCC1CCCO1. The van der Waals surface area contributed by atoms with Crippen LogP contribution in [-0.4, -0.2) is 18.5 Å². The van der Waals surface area contributed by atoms with Gasteiger partial charge in [0.05, 0.1) is 6.10 Å². The largest absolute Gasteiger partial charge is 0.378 e. The van der Waals surface area contributed by atoms with E-state index in [0.717, 1.165) is 38.7 Å². The third-order valence-corrected chi connectivity index (χ3v) is 3.06. The zero-order valence-corrected chi connectivity index (χ0v) is 9.96. The second-order valence-electron chi connectivity index (χ2n) is 4.52. The summed E-state index contributed by atoms with van der Waals surface area (Å²) in [5.41, 5.74) is 0. The predicted octanol–water partition coefficient (Wildman–Crippen LogP) is 3.49. The van der Waals surface area contributed by atoms with Crippen molar-refractivity contribution in [3.8, 4) is 0 Å². The van der Waals surface area contributed by atoms with Gasteiger partial charge in [0.15, 0.2) is 0 Å². The van der Waals surface area contributed by atoms with Crippen LogP contribution in [-0.2, 0) is 9.53 Å². The monoisotopic (exact) mass is 212 g/mol. The fourth-order valence-electron chi connectivity index (χ4n) is 2.10. The van der Waals surface area contributed by atoms with Gasteiger partial charge in [-0.2, -0.15) is 0 Å². The Kier molecular flexibility index (Phi) is 6.66. The third-order valence-electron chi connectivity index (χ3n) is 3.06. The second kappa shape index (κ2) is 7.86. The molecule has 1 saturated heterocycles. The second-order valence-corrected chi connectivity index (χ2v) is 4.52. The highest BCUT2D eigenvalue weighted by Crippen LogP contribution is 2.18. The molecule has 1 rings (SSSR count). The molecule has 1 aliphatic heterocycles. The normalized spacial score (nSPS) is 20.7. The first-order valence-electron chi connectivity index (χ1n) is 6.46. The molecule has 0 N–H and O–H groups in total. The molecular weight excluding hydrogens is 188 g/mol. The molecule has 0 radical (unpaired) electrons. The first kappa shape index (κ1) is 12.7. The topological polar surface area (TPSA) is 26.3 Å². The number of hydrogen-bond acceptors (Lipinski definition) is 2. The van der Waals surface area contributed by atoms with Gasteiger partial charge in [0.1, 0.15) is 5.78 Å². The maximum atomic E-state index is 11.5. The van der Waals surface area contributed by atoms with Gasteiger partial charge in [0, 0.05) is 19.4 Å². The lowest BCUT2D eigenvalue weighted by molar-refractivity contribution is -0.119. The zero-order valence-electron chi connectivity index (χ0n) is 9.96. The van der Waals surface area contributed by atoms with Crippen molar-refractivity contribution in [3.63, 3.8) is 0 Å². The van der Waals surface area contributed by atoms with Gasteiger partial charge in [-0.1, -0.05) is 19.8 Å². The summed E-state index contributed by atoms with van der Waals surface area (Å²) in [5.74, 6) is 0.446. The van der Waals surface area contributed by atoms with E-state index in [2.05, 4.69) is 6.92 Å². The number of Topliss-reactive ketones (excluding diaryl/α,β-unsaturated/α-hetero) is 1. The predicted molar refractivity (Wildman–Crippen MR) is 62.0 cm³/mol. The van der Waals surface area contributed by atoms with Crippen LogP contribution in [0.5, 0.6) is 0 Å². The average molecular weight is 212 g/mol. The lowest BCUT2D eigenvalue weighted by Gasteiger charge is -2.07. The summed E-state index contributed by atoms with van der Waals surface area (Å²) in [6.07, 6.45) is 9.99. The quantitative estimate of drug-likeness (QED) is 0.576. The minimum atomic E-state index is 0.446. The molecule has 1 aliphatic rings. The lowest BCUT2D eigenvalue weighted by Crippen LogP contribution is -2.06. The summed E-state index contributed by atoms with van der Waals surface area (Å²) in [5, 5.41) is 0. The van der Waals surface area contributed by atoms with Crippen molar-refractivity contribution in [2.45, 2.75) is 70.8 Å². The first-order valence-corrected chi connectivity index (χ1v) is 6.46. The summed E-state index contributed by atoms with van der Waals surface area (Å²) in [6.45, 7) is 3.09. The van der Waals surface area contributed by atoms with E-state index in [1.807, 2.05) is 0 Å². The lowest BCUT2D eigenvalue weighted by atomic mass is 10.0. The summed E-state index contributed by atoms with van der Waals surface area (Å²) < 4.78 is 5.52. The summed E-state index contributed by atoms with van der Waals surface area (Å²) in [7, 11) is 0. The maximum absolute atomic E-state index is 11.5. The van der Waals surface area contributed by atoms with Gasteiger partial charge in [-0.15, -0.1) is 0 Å². The van der Waals surface area contributed by atoms with Gasteiger partial charge < -0.3 is 4.74 Å². The van der Waals surface area contributed by atoms with Gasteiger partial charge in [0.25, 0.3) is 0 Å². The van der Waals surface area contributed by atoms with Crippen LogP contribution < -0.4 is 0 Å². The van der Waals surface area contributed by atoms with Crippen molar-refractivity contribution in [2.24, 2.45) is 0 Å². The highest BCUT2D eigenvalue weighted by atomic mass is 16.5. The molecule has 1 heterocycles. The van der Waals surface area contributed by atoms with Crippen LogP contribution in [0.4, 0.5) is 0 Å². The molecule has 1 atom stereocenters. The van der Waals surface area contributed by atoms with E-state index in [-0.39, 0.29) is 0 Å². The minimum absolute atomic E-state index is 0.446. The number of carbonyl (C=O) groups excluding carboxylic acids is 1. The van der Waals surface area contributed by atoms with Crippen molar-refractivity contribution < 1.29 is 9.53 Å². The van der Waals surface area contributed by atoms with Crippen molar-refractivity contribution in [1.29, 1.82) is 0 Å². The third kappa shape index (κ3) is 5.93. The Hall–Kier alpha value is -0.370. The molecule has 0 aromatic carbocycles. The highest BCUT2D eigenvalue weighted by Gasteiger charge is 2.15. The number of carbonyl (C=O) groups is 1. The molecule has 0 aliphatic carbocycles. The van der Waals surface area contributed by atoms with E-state index in [0.29, 0.717) is 11.9 Å². The Labute approximate surface area is 93.4 Å². The van der Waals surface area contributed by atoms with Gasteiger partial charge >= 0.3 is 0 Å². The summed E-state index contributed by atoms with van der Waals surface area (Å²) in [4.78, 5) is 11.5. The maximum Gasteiger partial charge on any atom is 0.132 e. The highest BCUT2D eigenvalue weighted by molar-refractivity contribution is 5.78. The van der Waals surface area contributed by atoms with Crippen LogP contribution in [0, 0.1) is 0 Å². The molecule has 0 amide bonds. The molecule has 2 nitrogen and oxygen atoms in total. The smallest absolute Gasteiger partial charge is 0.132 e. The fourth-order valence-corrected chi connectivity index (χ4v) is 2.10. The Morgan fingerprint density at radius 1 is 1.27 bits per heavy atom. The molecule has 0 saturated carbocycles. The Morgan fingerprint density at radius 3 is 2.73 bits per heavy atom. The van der Waals surface area contributed by atoms with Gasteiger partial charge in [-0.3, -0.25) is 4.79 Å². The molecule has 1 unspecified atom stereocenters. The number of unbranched alkanes of at least 4 members (excludes halogenated alkanes) is 2. The standard InChI is InChI=1S/C13H24O2/c1-2-3-4-7-12(14)8-5-9-13-10-6-11-15-13/h13H,2-11H2,1H3. The van der Waals surface area contributed by atoms with E-state index in [1.54, 1.807) is 0 Å². The van der Waals surface area contributed by atoms with Crippen LogP contribution in [0.15, 0.2) is 0 Å². The van der Waals surface area contributed by atoms with Gasteiger partial charge in [-0.05, 0) is 32.1 Å². The van der Waals surface area contributed by atoms with Crippen molar-refractivity contribution in [3.05, 3.63) is 0 Å². The summed E-state index contributed by atoms with van der Waals surface area (Å²) >= 11 is 0. The molecule has 15 heavy (non-hydrogen) atoms. The Balaban J connectivity index is 1.91. The zero-order chi connectivity index (χ0) is 10.9. The van der Waals surface area contributed by atoms with Crippen molar-refractivity contribution >= 4 is 5.78 Å². The molecule has 0 aromatic heterocycles. The molecule has 1 fully saturated rings. The molecule has 0 spiro atoms. The Morgan fingerprint density at radius 2 is 2.07 bits per heavy atom. The van der Waals surface area contributed by atoms with E-state index >= 15 is 0 Å². The number of ether oxygens (including phenoxy) is 1. The number of rotatable bonds is 8. The number of ketones is 1. The van der Waals surface area contributed by atoms with Crippen molar-refractivity contribution in [1.82, 2.24) is 0 Å². The van der Waals surface area contributed by atoms with Gasteiger partial charge in [-0.25, -0.2) is 0 Å². The molecule has 2 heteroatoms. The Bertz CT molecular complexity index is 171. The van der Waals surface area contributed by atoms with E-state index in [1.165, 1.54) is 25.7 Å². The van der Waals surface area contributed by atoms with E-state index < -0.39 is 0 Å².